The van der Waals surface area contributed by atoms with Gasteiger partial charge in [0.25, 0.3) is 5.91 Å². The average Bonchev–Trinajstić information content (AvgIpc) is 2.71. The van der Waals surface area contributed by atoms with E-state index >= 15 is 0 Å². The molecule has 1 aromatic heterocycles. The third kappa shape index (κ3) is 3.53. The smallest absolute Gasteiger partial charge is 0.254 e. The first kappa shape index (κ1) is 14.9. The molecule has 1 N–H and O–H groups in total. The van der Waals surface area contributed by atoms with Crippen LogP contribution in [-0.4, -0.2) is 29.6 Å². The number of benzene rings is 1. The van der Waals surface area contributed by atoms with Crippen molar-refractivity contribution in [3.05, 3.63) is 39.2 Å². The van der Waals surface area contributed by atoms with E-state index in [0.29, 0.717) is 3.95 Å². The number of carbonyl (C=O) groups excluding carboxylic acids is 1. The van der Waals surface area contributed by atoms with Crippen LogP contribution in [0.15, 0.2) is 29.6 Å². The number of amides is 1. The van der Waals surface area contributed by atoms with Gasteiger partial charge >= 0.3 is 0 Å². The summed E-state index contributed by atoms with van der Waals surface area (Å²) in [5, 5.41) is 3.62. The number of hydrazine groups is 1. The highest BCUT2D eigenvalue weighted by molar-refractivity contribution is 7.73. The second-order valence-corrected chi connectivity index (χ2v) is 6.27. The van der Waals surface area contributed by atoms with Crippen molar-refractivity contribution in [2.75, 3.05) is 14.1 Å². The van der Waals surface area contributed by atoms with E-state index in [1.807, 2.05) is 22.1 Å². The first-order chi connectivity index (χ1) is 9.47. The molecule has 1 heterocycles. The van der Waals surface area contributed by atoms with Crippen molar-refractivity contribution in [1.82, 2.24) is 15.0 Å². The minimum absolute atomic E-state index is 0.0853. The molecule has 0 fully saturated rings. The van der Waals surface area contributed by atoms with E-state index in [-0.39, 0.29) is 12.5 Å². The molecule has 0 aliphatic heterocycles. The Morgan fingerprint density at radius 3 is 2.60 bits per heavy atom. The Balaban J connectivity index is 2.30. The maximum atomic E-state index is 11.9. The third-order valence-corrected chi connectivity index (χ3v) is 4.05. The summed E-state index contributed by atoms with van der Waals surface area (Å²) < 4.78 is 2.57. The Hall–Kier alpha value is -1.50. The number of nitrogens with one attached hydrogen (secondary N) is 1. The Labute approximate surface area is 127 Å². The number of hydrogen-bond acceptors (Lipinski definition) is 4. The summed E-state index contributed by atoms with van der Waals surface area (Å²) in [6, 6.07) is 8.21. The molecule has 0 bridgehead atoms. The predicted molar refractivity (Wildman–Crippen MR) is 85.1 cm³/mol. The van der Waals surface area contributed by atoms with Crippen molar-refractivity contribution < 1.29 is 4.79 Å². The zero-order valence-electron chi connectivity index (χ0n) is 11.7. The second kappa shape index (κ2) is 6.30. The number of rotatable bonds is 4. The lowest BCUT2D eigenvalue weighted by Gasteiger charge is -2.13. The van der Waals surface area contributed by atoms with Crippen LogP contribution in [0.2, 0.25) is 0 Å². The van der Waals surface area contributed by atoms with Crippen LogP contribution < -0.4 is 5.43 Å². The summed E-state index contributed by atoms with van der Waals surface area (Å²) in [5.41, 5.74) is 5.99. The number of aryl methyl sites for hydroxylation is 1. The number of hydrogen-bond donors (Lipinski definition) is 1. The van der Waals surface area contributed by atoms with Gasteiger partial charge in [-0.1, -0.05) is 29.8 Å². The normalized spacial score (nSPS) is 10.8. The number of nitrogens with zero attached hydrogens (tertiary/aromatic N) is 2. The highest BCUT2D eigenvalue weighted by Crippen LogP contribution is 2.24. The Morgan fingerprint density at radius 1 is 1.35 bits per heavy atom. The summed E-state index contributed by atoms with van der Waals surface area (Å²) in [7, 11) is 3.57. The summed E-state index contributed by atoms with van der Waals surface area (Å²) in [5.74, 6) is -0.0853. The second-order valence-electron chi connectivity index (χ2n) is 4.77. The molecule has 0 spiro atoms. The van der Waals surface area contributed by atoms with Crippen LogP contribution in [0.3, 0.4) is 0 Å². The van der Waals surface area contributed by atoms with Crippen LogP contribution in [0, 0.1) is 10.9 Å². The van der Waals surface area contributed by atoms with Gasteiger partial charge in [-0.3, -0.25) is 10.2 Å². The molecule has 0 aliphatic carbocycles. The Kier molecular flexibility index (Phi) is 4.69. The molecule has 2 aromatic rings. The highest BCUT2D eigenvalue weighted by atomic mass is 32.1. The van der Waals surface area contributed by atoms with Crippen molar-refractivity contribution in [3.63, 3.8) is 0 Å². The molecule has 0 saturated heterocycles. The number of thiazole rings is 1. The zero-order valence-corrected chi connectivity index (χ0v) is 13.3. The van der Waals surface area contributed by atoms with Gasteiger partial charge in [0, 0.05) is 19.5 Å². The zero-order chi connectivity index (χ0) is 14.7. The van der Waals surface area contributed by atoms with Gasteiger partial charge in [-0.05, 0) is 24.7 Å². The largest absolute Gasteiger partial charge is 0.313 e. The average molecular weight is 307 g/mol. The summed E-state index contributed by atoms with van der Waals surface area (Å²) >= 11 is 6.79. The van der Waals surface area contributed by atoms with Crippen LogP contribution in [0.25, 0.3) is 11.3 Å². The molecule has 2 rings (SSSR count). The molecule has 0 radical (unpaired) electrons. The molecule has 0 aliphatic rings. The number of aromatic nitrogens is 1. The molecule has 20 heavy (non-hydrogen) atoms. The van der Waals surface area contributed by atoms with E-state index in [1.54, 1.807) is 19.1 Å². The SMILES string of the molecule is Cc1ccc(-c2csc(=S)n2CC(=O)NN(C)C)cc1. The summed E-state index contributed by atoms with van der Waals surface area (Å²) in [6.07, 6.45) is 0. The fourth-order valence-electron chi connectivity index (χ4n) is 1.86. The Bertz CT molecular complexity index is 656. The molecule has 106 valence electrons. The van der Waals surface area contributed by atoms with Crippen LogP contribution in [0.4, 0.5) is 0 Å². The molecule has 1 aromatic carbocycles. The third-order valence-electron chi connectivity index (χ3n) is 2.78. The first-order valence-corrected chi connectivity index (χ1v) is 7.48. The minimum Gasteiger partial charge on any atom is -0.313 e. The predicted octanol–water partition coefficient (Wildman–Crippen LogP) is 2.85. The lowest BCUT2D eigenvalue weighted by molar-refractivity contribution is -0.125. The molecule has 0 atom stereocenters. The van der Waals surface area contributed by atoms with Crippen molar-refractivity contribution in [2.45, 2.75) is 13.5 Å². The summed E-state index contributed by atoms with van der Waals surface area (Å²) in [4.78, 5) is 11.9. The van der Waals surface area contributed by atoms with Gasteiger partial charge in [0.05, 0.1) is 5.69 Å². The van der Waals surface area contributed by atoms with E-state index in [4.69, 9.17) is 12.2 Å². The first-order valence-electron chi connectivity index (χ1n) is 6.19. The lowest BCUT2D eigenvalue weighted by Crippen LogP contribution is -2.38. The van der Waals surface area contributed by atoms with Gasteiger partial charge in [-0.25, -0.2) is 5.01 Å². The fraction of sp³-hybridized carbons (Fsp3) is 0.286. The van der Waals surface area contributed by atoms with Crippen LogP contribution >= 0.6 is 23.6 Å². The van der Waals surface area contributed by atoms with Gasteiger partial charge < -0.3 is 4.57 Å². The molecule has 0 saturated carbocycles. The maximum absolute atomic E-state index is 11.9. The van der Waals surface area contributed by atoms with E-state index in [1.165, 1.54) is 16.9 Å². The van der Waals surface area contributed by atoms with Gasteiger partial charge in [0.15, 0.2) is 3.95 Å². The Morgan fingerprint density at radius 2 is 2.00 bits per heavy atom. The quantitative estimate of drug-likeness (QED) is 0.697. The lowest BCUT2D eigenvalue weighted by atomic mass is 10.1. The van der Waals surface area contributed by atoms with Gasteiger partial charge in [0.2, 0.25) is 0 Å². The van der Waals surface area contributed by atoms with Crippen LogP contribution in [-0.2, 0) is 11.3 Å². The minimum atomic E-state index is -0.0853. The van der Waals surface area contributed by atoms with Gasteiger partial charge in [-0.2, -0.15) is 0 Å². The molecule has 6 heteroatoms. The fourth-order valence-corrected chi connectivity index (χ4v) is 2.93. The molecule has 4 nitrogen and oxygen atoms in total. The maximum Gasteiger partial charge on any atom is 0.254 e. The van der Waals surface area contributed by atoms with Crippen molar-refractivity contribution in [1.29, 1.82) is 0 Å². The van der Waals surface area contributed by atoms with Gasteiger partial charge in [0.1, 0.15) is 6.54 Å². The van der Waals surface area contributed by atoms with Crippen molar-refractivity contribution in [3.8, 4) is 11.3 Å². The number of carbonyl (C=O) groups is 1. The van der Waals surface area contributed by atoms with E-state index in [9.17, 15) is 4.79 Å². The standard InChI is InChI=1S/C14H17N3OS2/c1-10-4-6-11(7-5-10)12-9-20-14(19)17(12)8-13(18)15-16(2)3/h4-7,9H,8H2,1-3H3,(H,15,18). The van der Waals surface area contributed by atoms with E-state index in [2.05, 4.69) is 24.5 Å². The monoisotopic (exact) mass is 307 g/mol. The molecule has 0 unspecified atom stereocenters. The summed E-state index contributed by atoms with van der Waals surface area (Å²) in [6.45, 7) is 2.28. The topological polar surface area (TPSA) is 37.3 Å². The van der Waals surface area contributed by atoms with Crippen LogP contribution in [0.1, 0.15) is 5.56 Å². The van der Waals surface area contributed by atoms with Crippen molar-refractivity contribution >= 4 is 29.5 Å². The van der Waals surface area contributed by atoms with E-state index < -0.39 is 0 Å². The molecular formula is C14H17N3OS2. The van der Waals surface area contributed by atoms with Gasteiger partial charge in [-0.15, -0.1) is 11.3 Å². The molecule has 1 amide bonds. The van der Waals surface area contributed by atoms with Crippen molar-refractivity contribution in [2.24, 2.45) is 0 Å². The molecular weight excluding hydrogens is 290 g/mol. The highest BCUT2D eigenvalue weighted by Gasteiger charge is 2.11. The van der Waals surface area contributed by atoms with Crippen LogP contribution in [0.5, 0.6) is 0 Å². The van der Waals surface area contributed by atoms with E-state index in [0.717, 1.165) is 11.3 Å².